The van der Waals surface area contributed by atoms with Gasteiger partial charge in [-0.2, -0.15) is 4.98 Å². The molecular weight excluding hydrogens is 270 g/mol. The van der Waals surface area contributed by atoms with Crippen LogP contribution >= 0.6 is 0 Å². The van der Waals surface area contributed by atoms with Gasteiger partial charge in [-0.3, -0.25) is 14.3 Å². The Morgan fingerprint density at radius 3 is 2.90 bits per heavy atom. The summed E-state index contributed by atoms with van der Waals surface area (Å²) in [6.07, 6.45) is -3.71. The molecule has 1 aliphatic heterocycles. The van der Waals surface area contributed by atoms with E-state index in [0.29, 0.717) is 0 Å². The Balaban J connectivity index is 2.09. The molecule has 1 aliphatic rings. The number of nitrogens with two attached hydrogens (primary N) is 1. The summed E-state index contributed by atoms with van der Waals surface area (Å²) in [6.45, 7) is -0.165. The predicted octanol–water partition coefficient (Wildman–Crippen LogP) is -2.69. The van der Waals surface area contributed by atoms with Crippen LogP contribution in [0.5, 0.6) is 0 Å². The quantitative estimate of drug-likeness (QED) is 0.378. The Bertz CT molecular complexity index is 697. The van der Waals surface area contributed by atoms with E-state index in [2.05, 4.69) is 15.0 Å². The van der Waals surface area contributed by atoms with Gasteiger partial charge in [0.05, 0.1) is 12.9 Å². The molecule has 0 spiro atoms. The molecule has 0 amide bonds. The van der Waals surface area contributed by atoms with Gasteiger partial charge in [0.1, 0.15) is 18.3 Å². The Kier molecular flexibility index (Phi) is 2.94. The minimum atomic E-state index is -1.39. The van der Waals surface area contributed by atoms with Crippen molar-refractivity contribution in [3.05, 3.63) is 16.7 Å². The summed E-state index contributed by atoms with van der Waals surface area (Å²) in [4.78, 5) is 21.8. The smallest absolute Gasteiger partial charge is 0.280 e. The van der Waals surface area contributed by atoms with Gasteiger partial charge in [0.25, 0.3) is 5.56 Å². The van der Waals surface area contributed by atoms with E-state index in [1.807, 2.05) is 0 Å². The number of imidazole rings is 1. The Hall–Kier alpha value is -2.01. The third kappa shape index (κ3) is 1.86. The maximum atomic E-state index is 11.6. The van der Waals surface area contributed by atoms with Crippen LogP contribution in [0.1, 0.15) is 6.23 Å². The topological polar surface area (TPSA) is 160 Å². The van der Waals surface area contributed by atoms with Crippen LogP contribution in [0.4, 0.5) is 5.95 Å². The first-order valence-corrected chi connectivity index (χ1v) is 5.87. The first-order chi connectivity index (χ1) is 9.49. The second-order valence-electron chi connectivity index (χ2n) is 4.55. The minimum Gasteiger partial charge on any atom is -0.388 e. The van der Waals surface area contributed by atoms with E-state index < -0.39 is 30.1 Å². The van der Waals surface area contributed by atoms with E-state index in [-0.39, 0.29) is 23.7 Å². The summed E-state index contributed by atoms with van der Waals surface area (Å²) in [5, 5.41) is 29.0. The summed E-state index contributed by atoms with van der Waals surface area (Å²) in [6, 6.07) is 0. The molecule has 3 heterocycles. The normalized spacial score (nSPS) is 30.8. The average molecular weight is 283 g/mol. The molecule has 1 fully saturated rings. The van der Waals surface area contributed by atoms with Gasteiger partial charge in [0.2, 0.25) is 5.95 Å². The number of hydrogen-bond acceptors (Lipinski definition) is 8. The van der Waals surface area contributed by atoms with Crippen LogP contribution in [0.2, 0.25) is 0 Å². The maximum Gasteiger partial charge on any atom is 0.280 e. The second kappa shape index (κ2) is 4.52. The summed E-state index contributed by atoms with van der Waals surface area (Å²) in [5.41, 5.74) is 5.11. The van der Waals surface area contributed by atoms with Gasteiger partial charge in [-0.25, -0.2) is 4.98 Å². The number of rotatable bonds is 1. The van der Waals surface area contributed by atoms with Crippen LogP contribution in [-0.4, -0.2) is 59.8 Å². The molecule has 0 unspecified atom stereocenters. The number of H-pyrrole nitrogens is 1. The average Bonchev–Trinajstić information content (AvgIpc) is 2.80. The number of ether oxygens (including phenoxy) is 1. The molecule has 4 atom stereocenters. The van der Waals surface area contributed by atoms with Gasteiger partial charge in [0, 0.05) is 0 Å². The molecule has 6 N–H and O–H groups in total. The van der Waals surface area contributed by atoms with Crippen molar-refractivity contribution in [3.8, 4) is 0 Å². The van der Waals surface area contributed by atoms with E-state index in [1.165, 1.54) is 10.9 Å². The number of aliphatic hydroxyl groups is 3. The summed E-state index contributed by atoms with van der Waals surface area (Å²) in [7, 11) is 0. The third-order valence-electron chi connectivity index (χ3n) is 3.20. The molecule has 108 valence electrons. The van der Waals surface area contributed by atoms with Crippen LogP contribution in [0.25, 0.3) is 11.2 Å². The largest absolute Gasteiger partial charge is 0.388 e. The number of aromatic nitrogens is 4. The molecule has 20 heavy (non-hydrogen) atoms. The number of aliphatic hydroxyl groups excluding tert-OH is 3. The number of aromatic amines is 1. The van der Waals surface area contributed by atoms with Gasteiger partial charge < -0.3 is 25.8 Å². The minimum absolute atomic E-state index is 0.0376. The van der Waals surface area contributed by atoms with Crippen molar-refractivity contribution in [1.82, 2.24) is 19.5 Å². The number of anilines is 1. The zero-order chi connectivity index (χ0) is 14.4. The molecule has 10 heteroatoms. The van der Waals surface area contributed by atoms with E-state index in [9.17, 15) is 20.1 Å². The van der Waals surface area contributed by atoms with Gasteiger partial charge in [-0.1, -0.05) is 0 Å². The Morgan fingerprint density at radius 2 is 2.15 bits per heavy atom. The summed E-state index contributed by atoms with van der Waals surface area (Å²) in [5.74, 6) is -0.102. The number of fused-ring (bicyclic) bond motifs is 1. The first-order valence-electron chi connectivity index (χ1n) is 5.87. The maximum absolute atomic E-state index is 11.6. The lowest BCUT2D eigenvalue weighted by molar-refractivity contribution is -0.210. The van der Waals surface area contributed by atoms with E-state index in [0.717, 1.165) is 0 Å². The molecule has 0 saturated carbocycles. The lowest BCUT2D eigenvalue weighted by atomic mass is 10.0. The van der Waals surface area contributed by atoms with Crippen molar-refractivity contribution in [1.29, 1.82) is 0 Å². The number of nitrogens with one attached hydrogen (secondary N) is 1. The zero-order valence-corrected chi connectivity index (χ0v) is 10.2. The molecule has 2 aromatic rings. The fraction of sp³-hybridized carbons (Fsp3) is 0.500. The summed E-state index contributed by atoms with van der Waals surface area (Å²) < 4.78 is 6.57. The van der Waals surface area contributed by atoms with Gasteiger partial charge in [0.15, 0.2) is 17.4 Å². The van der Waals surface area contributed by atoms with Gasteiger partial charge in [-0.05, 0) is 0 Å². The fourth-order valence-corrected chi connectivity index (χ4v) is 2.16. The van der Waals surface area contributed by atoms with Crippen LogP contribution in [0.3, 0.4) is 0 Å². The van der Waals surface area contributed by atoms with E-state index in [1.54, 1.807) is 0 Å². The van der Waals surface area contributed by atoms with E-state index in [4.69, 9.17) is 10.5 Å². The Morgan fingerprint density at radius 1 is 1.40 bits per heavy atom. The second-order valence-corrected chi connectivity index (χ2v) is 4.55. The monoisotopic (exact) mass is 283 g/mol. The first kappa shape index (κ1) is 13.0. The molecule has 0 radical (unpaired) electrons. The van der Waals surface area contributed by atoms with Crippen LogP contribution in [0, 0.1) is 0 Å². The highest BCUT2D eigenvalue weighted by Crippen LogP contribution is 2.26. The molecule has 2 aromatic heterocycles. The molecule has 0 bridgehead atoms. The highest BCUT2D eigenvalue weighted by atomic mass is 16.5. The van der Waals surface area contributed by atoms with Crippen molar-refractivity contribution in [2.24, 2.45) is 0 Å². The summed E-state index contributed by atoms with van der Waals surface area (Å²) >= 11 is 0. The van der Waals surface area contributed by atoms with Crippen molar-refractivity contribution in [2.75, 3.05) is 12.3 Å². The number of nitrogens with zero attached hydrogens (tertiary/aromatic N) is 3. The fourth-order valence-electron chi connectivity index (χ4n) is 2.16. The molecule has 1 saturated heterocycles. The lowest BCUT2D eigenvalue weighted by Crippen LogP contribution is -2.50. The number of nitrogen functional groups attached to an aromatic ring is 1. The predicted molar refractivity (Wildman–Crippen MR) is 65.6 cm³/mol. The number of hydrogen-bond donors (Lipinski definition) is 5. The highest BCUT2D eigenvalue weighted by molar-refractivity contribution is 5.70. The molecular formula is C10H13N5O5. The zero-order valence-electron chi connectivity index (χ0n) is 10.2. The van der Waals surface area contributed by atoms with Crippen LogP contribution in [-0.2, 0) is 4.74 Å². The Labute approximate surface area is 111 Å². The van der Waals surface area contributed by atoms with Crippen molar-refractivity contribution in [2.45, 2.75) is 24.5 Å². The standard InChI is InChI=1S/C10H13N5O5/c11-10-13-7-4(8(19)14-10)12-2-15(7)9-6(18)5(17)3(16)1-20-9/h2-3,5-6,9,16-18H,1H2,(H3,11,13,14,19)/t3-,5+,6-,9-/m1/s1. The van der Waals surface area contributed by atoms with Crippen molar-refractivity contribution < 1.29 is 20.1 Å². The van der Waals surface area contributed by atoms with Crippen LogP contribution < -0.4 is 11.3 Å². The molecule has 10 nitrogen and oxygen atoms in total. The molecule has 0 aliphatic carbocycles. The molecule has 0 aromatic carbocycles. The van der Waals surface area contributed by atoms with E-state index >= 15 is 0 Å². The van der Waals surface area contributed by atoms with Crippen LogP contribution in [0.15, 0.2) is 11.1 Å². The SMILES string of the molecule is Nc1nc2c(ncn2[C@@H]2OC[C@@H](O)[C@H](O)[C@H]2O)c(=O)[nH]1. The third-order valence-corrected chi connectivity index (χ3v) is 3.20. The van der Waals surface area contributed by atoms with Crippen molar-refractivity contribution >= 4 is 17.1 Å². The van der Waals surface area contributed by atoms with Crippen molar-refractivity contribution in [3.63, 3.8) is 0 Å². The van der Waals surface area contributed by atoms with Gasteiger partial charge in [-0.15, -0.1) is 0 Å². The lowest BCUT2D eigenvalue weighted by Gasteiger charge is -2.35. The van der Waals surface area contributed by atoms with Gasteiger partial charge >= 0.3 is 0 Å². The molecule has 3 rings (SSSR count). The highest BCUT2D eigenvalue weighted by Gasteiger charge is 2.39.